The summed E-state index contributed by atoms with van der Waals surface area (Å²) in [6.07, 6.45) is 3.64. The van der Waals surface area contributed by atoms with Crippen LogP contribution in [0.2, 0.25) is 5.02 Å². The van der Waals surface area contributed by atoms with E-state index in [1.165, 1.54) is 4.68 Å². The Morgan fingerprint density at radius 3 is 2.40 bits per heavy atom. The van der Waals surface area contributed by atoms with Crippen LogP contribution in [-0.4, -0.2) is 52.2 Å². The Hall–Kier alpha value is -1.80. The summed E-state index contributed by atoms with van der Waals surface area (Å²) in [5, 5.41) is 5.10. The number of piperazine rings is 1. The Bertz CT molecular complexity index is 847. The molecule has 1 saturated heterocycles. The molecule has 9 heteroatoms. The number of halogens is 1. The largest absolute Gasteiger partial charge is 0.365 e. The molecule has 3 heterocycles. The fourth-order valence-electron chi connectivity index (χ4n) is 2.87. The molecule has 0 aromatic carbocycles. The van der Waals surface area contributed by atoms with E-state index in [-0.39, 0.29) is 10.6 Å². The first kappa shape index (κ1) is 18.0. The lowest BCUT2D eigenvalue weighted by atomic mass is 10.2. The Morgan fingerprint density at radius 2 is 1.76 bits per heavy atom. The second-order valence-corrected chi connectivity index (χ2v) is 7.14. The summed E-state index contributed by atoms with van der Waals surface area (Å²) in [6, 6.07) is 0. The highest BCUT2D eigenvalue weighted by Gasteiger charge is 2.23. The molecule has 1 aliphatic rings. The van der Waals surface area contributed by atoms with Crippen molar-refractivity contribution < 1.29 is 0 Å². The van der Waals surface area contributed by atoms with Gasteiger partial charge in [-0.3, -0.25) is 4.79 Å². The first-order chi connectivity index (χ1) is 11.9. The summed E-state index contributed by atoms with van der Waals surface area (Å²) in [6.45, 7) is 7.19. The summed E-state index contributed by atoms with van der Waals surface area (Å²) in [5.41, 5.74) is 2.55. The second kappa shape index (κ2) is 7.21. The molecule has 2 aromatic heterocycles. The van der Waals surface area contributed by atoms with Crippen LogP contribution in [0.3, 0.4) is 0 Å². The van der Waals surface area contributed by atoms with Gasteiger partial charge < -0.3 is 9.80 Å². The van der Waals surface area contributed by atoms with Gasteiger partial charge in [0.05, 0.1) is 11.9 Å². The van der Waals surface area contributed by atoms with E-state index in [1.54, 1.807) is 25.0 Å². The Balaban J connectivity index is 1.80. The molecule has 0 radical (unpaired) electrons. The number of anilines is 2. The van der Waals surface area contributed by atoms with Crippen LogP contribution in [0.15, 0.2) is 16.1 Å². The van der Waals surface area contributed by atoms with Crippen molar-refractivity contribution in [1.29, 1.82) is 0 Å². The van der Waals surface area contributed by atoms with Crippen molar-refractivity contribution in [2.24, 2.45) is 7.05 Å². The number of hydrogen-bond acceptors (Lipinski definition) is 7. The van der Waals surface area contributed by atoms with E-state index < -0.39 is 0 Å². The van der Waals surface area contributed by atoms with Gasteiger partial charge in [0.25, 0.3) is 5.56 Å². The van der Waals surface area contributed by atoms with Gasteiger partial charge in [-0.2, -0.15) is 5.10 Å². The van der Waals surface area contributed by atoms with Gasteiger partial charge in [-0.15, -0.1) is 0 Å². The van der Waals surface area contributed by atoms with Crippen LogP contribution in [0.25, 0.3) is 0 Å². The molecule has 0 unspecified atom stereocenters. The van der Waals surface area contributed by atoms with E-state index in [4.69, 9.17) is 11.6 Å². The predicted octanol–water partition coefficient (Wildman–Crippen LogP) is 1.89. The number of thioether (sulfide) groups is 1. The molecule has 0 N–H and O–H groups in total. The van der Waals surface area contributed by atoms with Gasteiger partial charge in [0, 0.05) is 44.5 Å². The summed E-state index contributed by atoms with van der Waals surface area (Å²) in [4.78, 5) is 25.5. The number of rotatable bonds is 3. The Kier molecular flexibility index (Phi) is 5.19. The zero-order valence-corrected chi connectivity index (χ0v) is 16.4. The first-order valence-corrected chi connectivity index (χ1v) is 9.63. The molecule has 7 nitrogen and oxygen atoms in total. The van der Waals surface area contributed by atoms with E-state index in [9.17, 15) is 4.79 Å². The minimum Gasteiger partial charge on any atom is -0.365 e. The highest BCUT2D eigenvalue weighted by atomic mass is 35.5. The molecule has 0 bridgehead atoms. The minimum absolute atomic E-state index is 0.227. The third-order valence-corrected chi connectivity index (χ3v) is 5.41. The van der Waals surface area contributed by atoms with Gasteiger partial charge in [-0.1, -0.05) is 23.4 Å². The van der Waals surface area contributed by atoms with Crippen LogP contribution in [0.4, 0.5) is 11.5 Å². The lowest BCUT2D eigenvalue weighted by Gasteiger charge is -2.37. The van der Waals surface area contributed by atoms with E-state index >= 15 is 0 Å². The van der Waals surface area contributed by atoms with Gasteiger partial charge in [0.15, 0.2) is 5.16 Å². The topological polar surface area (TPSA) is 67.2 Å². The van der Waals surface area contributed by atoms with Crippen molar-refractivity contribution >= 4 is 34.9 Å². The quantitative estimate of drug-likeness (QED) is 0.595. The van der Waals surface area contributed by atoms with Crippen molar-refractivity contribution in [3.8, 4) is 0 Å². The lowest BCUT2D eigenvalue weighted by Crippen LogP contribution is -2.47. The normalized spacial score (nSPS) is 14.9. The smallest absolute Gasteiger partial charge is 0.287 e. The van der Waals surface area contributed by atoms with E-state index in [1.807, 2.05) is 13.2 Å². The molecular weight excluding hydrogens is 360 g/mol. The number of aryl methyl sites for hydroxylation is 2. The van der Waals surface area contributed by atoms with Gasteiger partial charge in [0.2, 0.25) is 0 Å². The molecule has 0 spiro atoms. The highest BCUT2D eigenvalue weighted by Crippen LogP contribution is 2.26. The second-order valence-electron chi connectivity index (χ2n) is 5.99. The summed E-state index contributed by atoms with van der Waals surface area (Å²) in [5.74, 6) is 0.990. The van der Waals surface area contributed by atoms with E-state index in [0.29, 0.717) is 5.69 Å². The average Bonchev–Trinajstić information content (AvgIpc) is 2.62. The van der Waals surface area contributed by atoms with Crippen molar-refractivity contribution in [2.75, 3.05) is 42.2 Å². The van der Waals surface area contributed by atoms with Gasteiger partial charge >= 0.3 is 0 Å². The van der Waals surface area contributed by atoms with Crippen molar-refractivity contribution in [3.63, 3.8) is 0 Å². The summed E-state index contributed by atoms with van der Waals surface area (Å²) in [7, 11) is 1.60. The van der Waals surface area contributed by atoms with Crippen molar-refractivity contribution in [3.05, 3.63) is 32.8 Å². The third kappa shape index (κ3) is 3.46. The molecule has 1 aliphatic heterocycles. The zero-order chi connectivity index (χ0) is 18.1. The zero-order valence-electron chi connectivity index (χ0n) is 14.8. The number of hydrogen-bond donors (Lipinski definition) is 0. The highest BCUT2D eigenvalue weighted by molar-refractivity contribution is 7.98. The monoisotopic (exact) mass is 380 g/mol. The predicted molar refractivity (Wildman–Crippen MR) is 102 cm³/mol. The molecule has 25 heavy (non-hydrogen) atoms. The van der Waals surface area contributed by atoms with Gasteiger partial charge in [0.1, 0.15) is 10.8 Å². The molecule has 0 atom stereocenters. The Morgan fingerprint density at radius 1 is 1.12 bits per heavy atom. The molecule has 0 amide bonds. The molecule has 0 aliphatic carbocycles. The summed E-state index contributed by atoms with van der Waals surface area (Å²) < 4.78 is 1.25. The molecule has 134 valence electrons. The van der Waals surface area contributed by atoms with Gasteiger partial charge in [-0.05, 0) is 20.1 Å². The fourth-order valence-corrected chi connectivity index (χ4v) is 3.57. The first-order valence-electron chi connectivity index (χ1n) is 8.03. The van der Waals surface area contributed by atoms with Crippen molar-refractivity contribution in [2.45, 2.75) is 19.0 Å². The molecule has 1 fully saturated rings. The van der Waals surface area contributed by atoms with E-state index in [2.05, 4.69) is 31.8 Å². The maximum absolute atomic E-state index is 12.0. The van der Waals surface area contributed by atoms with Crippen molar-refractivity contribution in [1.82, 2.24) is 19.7 Å². The SMILES string of the molecule is CSc1nc(C)c(C)c(N2CCN(c3cnn(C)c(=O)c3Cl)CC2)n1. The summed E-state index contributed by atoms with van der Waals surface area (Å²) >= 11 is 7.77. The maximum atomic E-state index is 12.0. The van der Waals surface area contributed by atoms with Crippen LogP contribution in [-0.2, 0) is 7.05 Å². The van der Waals surface area contributed by atoms with Gasteiger partial charge in [-0.25, -0.2) is 14.6 Å². The minimum atomic E-state index is -0.270. The van der Waals surface area contributed by atoms with Crippen LogP contribution in [0, 0.1) is 13.8 Å². The lowest BCUT2D eigenvalue weighted by molar-refractivity contribution is 0.632. The maximum Gasteiger partial charge on any atom is 0.287 e. The standard InChI is InChI=1S/C16H21ClN6OS/c1-10-11(2)19-16(25-4)20-14(10)23-7-5-22(6-8-23)12-9-18-21(3)15(24)13(12)17/h9H,5-8H2,1-4H3. The number of aromatic nitrogens is 4. The van der Waals surface area contributed by atoms with E-state index in [0.717, 1.165) is 48.4 Å². The fraction of sp³-hybridized carbons (Fsp3) is 0.500. The Labute approximate surface area is 156 Å². The van der Waals surface area contributed by atoms with Crippen LogP contribution in [0.1, 0.15) is 11.3 Å². The van der Waals surface area contributed by atoms with Crippen LogP contribution >= 0.6 is 23.4 Å². The van der Waals surface area contributed by atoms with Crippen LogP contribution in [0.5, 0.6) is 0 Å². The molecular formula is C16H21ClN6OS. The molecule has 0 saturated carbocycles. The molecule has 2 aromatic rings. The molecule has 3 rings (SSSR count). The average molecular weight is 381 g/mol. The third-order valence-electron chi connectivity index (χ3n) is 4.51. The number of nitrogens with zero attached hydrogens (tertiary/aromatic N) is 6. The van der Waals surface area contributed by atoms with Crippen LogP contribution < -0.4 is 15.4 Å².